The number of hydrogen-bond donors (Lipinski definition) is 0. The minimum Gasteiger partial charge on any atom is -0.468 e. The Kier molecular flexibility index (Phi) is 5.77. The summed E-state index contributed by atoms with van der Waals surface area (Å²) in [6, 6.07) is 27.1. The fourth-order valence-corrected chi connectivity index (χ4v) is 7.88. The summed E-state index contributed by atoms with van der Waals surface area (Å²) in [5.41, 5.74) is 13.7. The fraction of sp³-hybridized carbons (Fsp3) is 0.333. The largest absolute Gasteiger partial charge is 0.468 e. The van der Waals surface area contributed by atoms with Crippen LogP contribution in [0.5, 0.6) is 11.5 Å². The predicted molar refractivity (Wildman–Crippen MR) is 181 cm³/mol. The van der Waals surface area contributed by atoms with Crippen molar-refractivity contribution in [3.8, 4) is 11.5 Å². The van der Waals surface area contributed by atoms with Gasteiger partial charge in [0.2, 0.25) is 0 Å². The first kappa shape index (κ1) is 26.7. The topological polar surface area (TPSA) is 25.6 Å². The van der Waals surface area contributed by atoms with E-state index in [1.807, 2.05) is 0 Å². The molecule has 0 atom stereocenters. The molecule has 1 aliphatic carbocycles. The van der Waals surface area contributed by atoms with E-state index in [4.69, 9.17) is 9.15 Å². The van der Waals surface area contributed by atoms with Crippen molar-refractivity contribution < 1.29 is 9.15 Å². The van der Waals surface area contributed by atoms with Crippen molar-refractivity contribution in [2.45, 2.75) is 84.5 Å². The summed E-state index contributed by atoms with van der Waals surface area (Å²) in [4.78, 5) is 2.49. The molecule has 216 valence electrons. The van der Waals surface area contributed by atoms with Crippen LogP contribution in [0, 0.1) is 6.92 Å². The molecule has 8 rings (SSSR count). The van der Waals surface area contributed by atoms with Gasteiger partial charge in [0, 0.05) is 22.2 Å². The van der Waals surface area contributed by atoms with E-state index in [1.54, 1.807) is 0 Å². The summed E-state index contributed by atoms with van der Waals surface area (Å²) >= 11 is 0. The lowest BCUT2D eigenvalue weighted by atomic mass is 9.36. The van der Waals surface area contributed by atoms with Crippen molar-refractivity contribution in [3.63, 3.8) is 0 Å². The molecule has 3 heterocycles. The number of furan rings is 1. The van der Waals surface area contributed by atoms with Crippen molar-refractivity contribution in [3.05, 3.63) is 95.1 Å². The Balaban J connectivity index is 1.44. The first-order chi connectivity index (χ1) is 20.7. The molecule has 0 spiro atoms. The van der Waals surface area contributed by atoms with Crippen LogP contribution < -0.4 is 26.2 Å². The van der Waals surface area contributed by atoms with Gasteiger partial charge in [0.1, 0.15) is 17.1 Å². The van der Waals surface area contributed by atoms with E-state index in [2.05, 4.69) is 119 Å². The molecule has 1 aromatic heterocycles. The molecule has 43 heavy (non-hydrogen) atoms. The standard InChI is InChI=1S/C39H40BNO2/c1-7-8-11-25-14-17-32-27(22-25)36-37(43-32)40-30-12-9-10-13-33(30)42-34-21-24(2)20-31(35(34)40)41(36)26-15-16-28-29(23-26)39(5,6)19-18-38(28,3)4/h9-10,12-17,20-23H,7-8,11,18-19H2,1-6H3. The van der Waals surface area contributed by atoms with Gasteiger partial charge in [0.25, 0.3) is 0 Å². The summed E-state index contributed by atoms with van der Waals surface area (Å²) in [7, 11) is 0. The van der Waals surface area contributed by atoms with Gasteiger partial charge in [-0.1, -0.05) is 71.4 Å². The highest BCUT2D eigenvalue weighted by Gasteiger charge is 2.46. The Hall–Kier alpha value is -3.92. The van der Waals surface area contributed by atoms with Gasteiger partial charge in [0.15, 0.2) is 0 Å². The van der Waals surface area contributed by atoms with Gasteiger partial charge in [-0.3, -0.25) is 0 Å². The molecule has 0 saturated carbocycles. The molecule has 0 unspecified atom stereocenters. The summed E-state index contributed by atoms with van der Waals surface area (Å²) in [6.45, 7) is 14.0. The van der Waals surface area contributed by atoms with Gasteiger partial charge in [0.05, 0.1) is 11.3 Å². The first-order valence-electron chi connectivity index (χ1n) is 16.1. The molecule has 5 aromatic rings. The molecule has 3 nitrogen and oxygen atoms in total. The van der Waals surface area contributed by atoms with Crippen molar-refractivity contribution >= 4 is 51.3 Å². The Labute approximate surface area is 256 Å². The zero-order valence-electron chi connectivity index (χ0n) is 26.3. The summed E-state index contributed by atoms with van der Waals surface area (Å²) in [6.07, 6.45) is 5.84. The number of hydrogen-bond acceptors (Lipinski definition) is 3. The SMILES string of the molecule is CCCCc1ccc2oc3c(c2c1)N(c1ccc2c(c1)C(C)(C)CCC2(C)C)c1cc(C)cc2c1B3c1ccccc1O2. The second-order valence-corrected chi connectivity index (χ2v) is 14.4. The lowest BCUT2D eigenvalue weighted by molar-refractivity contribution is 0.332. The van der Waals surface area contributed by atoms with Crippen molar-refractivity contribution in [1.82, 2.24) is 0 Å². The van der Waals surface area contributed by atoms with Gasteiger partial charge in [-0.2, -0.15) is 0 Å². The Morgan fingerprint density at radius 1 is 0.837 bits per heavy atom. The molecule has 0 N–H and O–H groups in total. The number of para-hydroxylation sites is 1. The second-order valence-electron chi connectivity index (χ2n) is 14.4. The minimum atomic E-state index is -0.0266. The zero-order valence-corrected chi connectivity index (χ0v) is 26.3. The van der Waals surface area contributed by atoms with Gasteiger partial charge < -0.3 is 14.1 Å². The number of fused-ring (bicyclic) bond motifs is 7. The van der Waals surface area contributed by atoms with Gasteiger partial charge >= 0.3 is 6.71 Å². The molecule has 0 bridgehead atoms. The van der Waals surface area contributed by atoms with Crippen LogP contribution in [0.15, 0.2) is 77.2 Å². The van der Waals surface area contributed by atoms with E-state index in [-0.39, 0.29) is 17.5 Å². The van der Waals surface area contributed by atoms with E-state index in [9.17, 15) is 0 Å². The summed E-state index contributed by atoms with van der Waals surface area (Å²) in [5.74, 6) is 1.84. The van der Waals surface area contributed by atoms with Crippen molar-refractivity contribution in [2.75, 3.05) is 4.90 Å². The molecule has 0 saturated heterocycles. The molecular formula is C39H40BNO2. The Bertz CT molecular complexity index is 1930. The van der Waals surface area contributed by atoms with Crippen LogP contribution in [0.1, 0.15) is 82.6 Å². The number of aryl methyl sites for hydroxylation is 2. The number of nitrogens with zero attached hydrogens (tertiary/aromatic N) is 1. The van der Waals surface area contributed by atoms with Crippen molar-refractivity contribution in [1.29, 1.82) is 0 Å². The fourth-order valence-electron chi connectivity index (χ4n) is 7.88. The van der Waals surface area contributed by atoms with Crippen LogP contribution in [0.3, 0.4) is 0 Å². The highest BCUT2D eigenvalue weighted by atomic mass is 16.5. The highest BCUT2D eigenvalue weighted by Crippen LogP contribution is 2.50. The summed E-state index contributed by atoms with van der Waals surface area (Å²) in [5, 5.41) is 1.19. The maximum Gasteiger partial charge on any atom is 0.301 e. The van der Waals surface area contributed by atoms with Crippen LogP contribution in [-0.4, -0.2) is 6.71 Å². The average Bonchev–Trinajstić information content (AvgIpc) is 3.36. The van der Waals surface area contributed by atoms with Gasteiger partial charge in [-0.25, -0.2) is 0 Å². The van der Waals surface area contributed by atoms with Crippen LogP contribution in [0.2, 0.25) is 0 Å². The number of rotatable bonds is 4. The van der Waals surface area contributed by atoms with Crippen LogP contribution in [0.25, 0.3) is 11.0 Å². The second kappa shape index (κ2) is 9.29. The molecule has 2 aliphatic heterocycles. The molecule has 0 amide bonds. The Morgan fingerprint density at radius 2 is 1.63 bits per heavy atom. The maximum atomic E-state index is 6.93. The molecule has 0 radical (unpaired) electrons. The predicted octanol–water partition coefficient (Wildman–Crippen LogP) is 8.84. The normalized spacial score (nSPS) is 17.2. The lowest BCUT2D eigenvalue weighted by Crippen LogP contribution is -2.59. The van der Waals surface area contributed by atoms with Crippen molar-refractivity contribution in [2.24, 2.45) is 0 Å². The zero-order chi connectivity index (χ0) is 29.7. The molecular weight excluding hydrogens is 525 g/mol. The minimum absolute atomic E-state index is 0.0266. The third kappa shape index (κ3) is 3.95. The van der Waals surface area contributed by atoms with E-state index >= 15 is 0 Å². The number of benzene rings is 4. The monoisotopic (exact) mass is 565 g/mol. The van der Waals surface area contributed by atoms with Gasteiger partial charge in [-0.15, -0.1) is 0 Å². The third-order valence-corrected chi connectivity index (χ3v) is 10.4. The Morgan fingerprint density at radius 3 is 2.44 bits per heavy atom. The van der Waals surface area contributed by atoms with Gasteiger partial charge in [-0.05, 0) is 114 Å². The van der Waals surface area contributed by atoms with Crippen LogP contribution >= 0.6 is 0 Å². The quantitative estimate of drug-likeness (QED) is 0.200. The first-order valence-corrected chi connectivity index (χ1v) is 16.1. The smallest absolute Gasteiger partial charge is 0.301 e. The van der Waals surface area contributed by atoms with Crippen LogP contribution in [-0.2, 0) is 17.3 Å². The lowest BCUT2D eigenvalue weighted by Gasteiger charge is -2.43. The van der Waals surface area contributed by atoms with E-state index in [0.29, 0.717) is 0 Å². The number of unbranched alkanes of at least 4 members (excludes halogenated alkanes) is 1. The highest BCUT2D eigenvalue weighted by molar-refractivity contribution is 6.98. The van der Waals surface area contributed by atoms with E-state index in [1.165, 1.54) is 81.3 Å². The maximum absolute atomic E-state index is 6.93. The van der Waals surface area contributed by atoms with E-state index < -0.39 is 0 Å². The van der Waals surface area contributed by atoms with Crippen LogP contribution in [0.4, 0.5) is 17.1 Å². The third-order valence-electron chi connectivity index (χ3n) is 10.4. The molecule has 0 fully saturated rings. The number of ether oxygens (including phenoxy) is 1. The molecule has 4 aromatic carbocycles. The molecule has 3 aliphatic rings. The van der Waals surface area contributed by atoms with E-state index in [0.717, 1.165) is 29.2 Å². The average molecular weight is 566 g/mol. The molecule has 4 heteroatoms. The summed E-state index contributed by atoms with van der Waals surface area (Å²) < 4.78 is 13.6. The number of anilines is 3.